The topological polar surface area (TPSA) is 0 Å². The van der Waals surface area contributed by atoms with E-state index in [9.17, 15) is 0 Å². The maximum absolute atomic E-state index is 3.97. The quantitative estimate of drug-likeness (QED) is 0.652. The Morgan fingerprint density at radius 1 is 1.00 bits per heavy atom. The Morgan fingerprint density at radius 3 is 2.45 bits per heavy atom. The normalized spacial score (nSPS) is 15.7. The lowest BCUT2D eigenvalue weighted by Gasteiger charge is -2.17. The zero-order chi connectivity index (χ0) is 15.4. The van der Waals surface area contributed by atoms with E-state index in [1.54, 1.807) is 0 Å². The minimum atomic E-state index is 0.963. The maximum Gasteiger partial charge on any atom is -0.00702 e. The summed E-state index contributed by atoms with van der Waals surface area (Å²) in [6, 6.07) is 17.2. The van der Waals surface area contributed by atoms with E-state index in [4.69, 9.17) is 0 Å². The van der Waals surface area contributed by atoms with Crippen molar-refractivity contribution >= 4 is 11.6 Å². The Morgan fingerprint density at radius 2 is 1.77 bits per heavy atom. The predicted octanol–water partition coefficient (Wildman–Crippen LogP) is 5.96. The first-order chi connectivity index (χ1) is 10.8. The molecule has 0 bridgehead atoms. The molecule has 0 unspecified atom stereocenters. The molecule has 2 aromatic carbocycles. The molecule has 0 aliphatic heterocycles. The molecular formula is C22H20. The Balaban J connectivity index is 2.24. The minimum Gasteiger partial charge on any atom is -0.0984 e. The highest BCUT2D eigenvalue weighted by Gasteiger charge is 2.13. The van der Waals surface area contributed by atoms with E-state index in [1.165, 1.54) is 33.4 Å². The van der Waals surface area contributed by atoms with Crippen molar-refractivity contribution in [2.45, 2.75) is 13.3 Å². The fraction of sp³-hybridized carbons (Fsp3) is 0.0909. The van der Waals surface area contributed by atoms with E-state index in [0.29, 0.717) is 0 Å². The molecule has 0 radical (unpaired) electrons. The molecule has 3 rings (SSSR count). The molecule has 1 aliphatic rings. The van der Waals surface area contributed by atoms with Crippen molar-refractivity contribution in [3.05, 3.63) is 107 Å². The monoisotopic (exact) mass is 284 g/mol. The van der Waals surface area contributed by atoms with Crippen LogP contribution in [0.25, 0.3) is 11.6 Å². The highest BCUT2D eigenvalue weighted by molar-refractivity contribution is 5.87. The molecule has 0 aromatic heterocycles. The van der Waals surface area contributed by atoms with Gasteiger partial charge in [-0.3, -0.25) is 0 Å². The third-order valence-electron chi connectivity index (χ3n) is 3.99. The van der Waals surface area contributed by atoms with Gasteiger partial charge in [-0.25, -0.2) is 0 Å². The van der Waals surface area contributed by atoms with Gasteiger partial charge in [0.25, 0.3) is 0 Å². The molecule has 0 saturated carbocycles. The maximum atomic E-state index is 3.97. The van der Waals surface area contributed by atoms with Gasteiger partial charge in [-0.1, -0.05) is 91.1 Å². The fourth-order valence-corrected chi connectivity index (χ4v) is 2.84. The average Bonchev–Trinajstić information content (AvgIpc) is 2.58. The first kappa shape index (κ1) is 14.3. The molecule has 0 nitrogen and oxygen atoms in total. The van der Waals surface area contributed by atoms with Crippen LogP contribution in [0.5, 0.6) is 0 Å². The second kappa shape index (κ2) is 6.44. The van der Waals surface area contributed by atoms with E-state index < -0.39 is 0 Å². The summed E-state index contributed by atoms with van der Waals surface area (Å²) >= 11 is 0. The number of hydrogen-bond donors (Lipinski definition) is 0. The Kier molecular flexibility index (Phi) is 4.20. The highest BCUT2D eigenvalue weighted by atomic mass is 14.2. The Hall–Kier alpha value is -2.60. The molecule has 0 spiro atoms. The van der Waals surface area contributed by atoms with E-state index >= 15 is 0 Å². The van der Waals surface area contributed by atoms with Gasteiger partial charge in [-0.15, -0.1) is 0 Å². The molecule has 22 heavy (non-hydrogen) atoms. The number of benzene rings is 2. The fourth-order valence-electron chi connectivity index (χ4n) is 2.84. The molecule has 2 aromatic rings. The van der Waals surface area contributed by atoms with Crippen LogP contribution in [0.3, 0.4) is 0 Å². The smallest absolute Gasteiger partial charge is 0.00702 e. The molecular weight excluding hydrogens is 264 g/mol. The Bertz CT molecular complexity index is 768. The predicted molar refractivity (Wildman–Crippen MR) is 96.6 cm³/mol. The van der Waals surface area contributed by atoms with Crippen LogP contribution in [0.1, 0.15) is 28.7 Å². The summed E-state index contributed by atoms with van der Waals surface area (Å²) in [5.74, 6) is 0. The lowest BCUT2D eigenvalue weighted by atomic mass is 9.87. The third-order valence-corrected chi connectivity index (χ3v) is 3.99. The van der Waals surface area contributed by atoms with E-state index in [0.717, 1.165) is 6.42 Å². The number of allylic oxidation sites excluding steroid dienone is 5. The van der Waals surface area contributed by atoms with Crippen molar-refractivity contribution in [1.82, 2.24) is 0 Å². The number of aryl methyl sites for hydroxylation is 1. The average molecular weight is 284 g/mol. The van der Waals surface area contributed by atoms with Crippen molar-refractivity contribution < 1.29 is 0 Å². The summed E-state index contributed by atoms with van der Waals surface area (Å²) in [7, 11) is 0. The van der Waals surface area contributed by atoms with Crippen LogP contribution in [-0.4, -0.2) is 0 Å². The SMILES string of the molecule is C=Cc1ccccc1/C(=C1/C=CC=CC1)c1ccc(C)cc1. The molecule has 0 heteroatoms. The minimum absolute atomic E-state index is 0.963. The standard InChI is InChI=1S/C22H20/c1-3-18-9-7-8-12-21(18)22(19-10-5-4-6-11-19)20-15-13-17(2)14-16-20/h3-10,12-16H,1,11H2,2H3/b22-19-. The van der Waals surface area contributed by atoms with Crippen LogP contribution in [-0.2, 0) is 0 Å². The molecule has 0 fully saturated rings. The summed E-state index contributed by atoms with van der Waals surface area (Å²) in [4.78, 5) is 0. The summed E-state index contributed by atoms with van der Waals surface area (Å²) < 4.78 is 0. The first-order valence-corrected chi connectivity index (χ1v) is 7.65. The molecule has 108 valence electrons. The van der Waals surface area contributed by atoms with Crippen molar-refractivity contribution in [1.29, 1.82) is 0 Å². The number of rotatable bonds is 3. The molecule has 1 aliphatic carbocycles. The van der Waals surface area contributed by atoms with Crippen molar-refractivity contribution in [3.8, 4) is 0 Å². The largest absolute Gasteiger partial charge is 0.0984 e. The zero-order valence-electron chi connectivity index (χ0n) is 12.9. The van der Waals surface area contributed by atoms with Crippen molar-refractivity contribution in [2.24, 2.45) is 0 Å². The van der Waals surface area contributed by atoms with Gasteiger partial charge in [0.2, 0.25) is 0 Å². The lowest BCUT2D eigenvalue weighted by molar-refractivity contribution is 1.26. The summed E-state index contributed by atoms with van der Waals surface area (Å²) in [6.45, 7) is 6.09. The van der Waals surface area contributed by atoms with Crippen molar-refractivity contribution in [2.75, 3.05) is 0 Å². The van der Waals surface area contributed by atoms with Crippen LogP contribution in [0, 0.1) is 6.92 Å². The van der Waals surface area contributed by atoms with Gasteiger partial charge in [0.1, 0.15) is 0 Å². The van der Waals surface area contributed by atoms with Crippen LogP contribution >= 0.6 is 0 Å². The van der Waals surface area contributed by atoms with Crippen molar-refractivity contribution in [3.63, 3.8) is 0 Å². The zero-order valence-corrected chi connectivity index (χ0v) is 12.9. The van der Waals surface area contributed by atoms with Crippen LogP contribution in [0.4, 0.5) is 0 Å². The molecule has 0 saturated heterocycles. The summed E-state index contributed by atoms with van der Waals surface area (Å²) in [5.41, 5.74) is 7.61. The molecule has 0 N–H and O–H groups in total. The molecule has 0 heterocycles. The Labute approximate surface area is 132 Å². The van der Waals surface area contributed by atoms with Gasteiger partial charge < -0.3 is 0 Å². The highest BCUT2D eigenvalue weighted by Crippen LogP contribution is 2.33. The summed E-state index contributed by atoms with van der Waals surface area (Å²) in [5, 5.41) is 0. The van der Waals surface area contributed by atoms with Gasteiger partial charge >= 0.3 is 0 Å². The van der Waals surface area contributed by atoms with Crippen LogP contribution < -0.4 is 0 Å². The van der Waals surface area contributed by atoms with Gasteiger partial charge in [0.05, 0.1) is 0 Å². The van der Waals surface area contributed by atoms with Crippen LogP contribution in [0.15, 0.2) is 85.0 Å². The van der Waals surface area contributed by atoms with E-state index in [1.807, 2.05) is 6.08 Å². The lowest BCUT2D eigenvalue weighted by Crippen LogP contribution is -1.97. The second-order valence-corrected chi connectivity index (χ2v) is 5.55. The van der Waals surface area contributed by atoms with E-state index in [-0.39, 0.29) is 0 Å². The molecule has 0 atom stereocenters. The summed E-state index contributed by atoms with van der Waals surface area (Å²) in [6.07, 6.45) is 11.5. The number of hydrogen-bond acceptors (Lipinski definition) is 0. The molecule has 0 amide bonds. The third kappa shape index (κ3) is 2.87. The first-order valence-electron chi connectivity index (χ1n) is 7.65. The van der Waals surface area contributed by atoms with Gasteiger partial charge in [-0.05, 0) is 41.2 Å². The van der Waals surface area contributed by atoms with Gasteiger partial charge in [0, 0.05) is 0 Å². The van der Waals surface area contributed by atoms with Gasteiger partial charge in [-0.2, -0.15) is 0 Å². The van der Waals surface area contributed by atoms with E-state index in [2.05, 4.69) is 86.3 Å². The van der Waals surface area contributed by atoms with Gasteiger partial charge in [0.15, 0.2) is 0 Å². The second-order valence-electron chi connectivity index (χ2n) is 5.55. The van der Waals surface area contributed by atoms with Crippen LogP contribution in [0.2, 0.25) is 0 Å².